The van der Waals surface area contributed by atoms with Crippen LogP contribution in [0.5, 0.6) is 0 Å². The third-order valence-electron chi connectivity index (χ3n) is 1.60. The van der Waals surface area contributed by atoms with E-state index >= 15 is 0 Å². The molecule has 0 amide bonds. The van der Waals surface area contributed by atoms with Gasteiger partial charge < -0.3 is 9.47 Å². The molecule has 0 aromatic rings. The van der Waals surface area contributed by atoms with Crippen molar-refractivity contribution in [2.45, 2.75) is 13.3 Å². The molecule has 0 bridgehead atoms. The summed E-state index contributed by atoms with van der Waals surface area (Å²) in [7, 11) is 1.66. The zero-order valence-corrected chi connectivity index (χ0v) is 9.21. The maximum absolute atomic E-state index is 5.31. The van der Waals surface area contributed by atoms with E-state index < -0.39 is 0 Å². The van der Waals surface area contributed by atoms with E-state index in [1.54, 1.807) is 7.11 Å². The van der Waals surface area contributed by atoms with Gasteiger partial charge in [0.1, 0.15) is 0 Å². The van der Waals surface area contributed by atoms with Gasteiger partial charge in [0.25, 0.3) is 0 Å². The molecular formula is C12H20O2. The Kier molecular flexibility index (Phi) is 8.19. The van der Waals surface area contributed by atoms with Gasteiger partial charge in [0.2, 0.25) is 0 Å². The minimum atomic E-state index is 0.647. The van der Waals surface area contributed by atoms with Gasteiger partial charge in [-0.2, -0.15) is 0 Å². The Morgan fingerprint density at radius 3 is 2.43 bits per heavy atom. The van der Waals surface area contributed by atoms with E-state index in [2.05, 4.69) is 13.2 Å². The molecule has 0 heterocycles. The summed E-state index contributed by atoms with van der Waals surface area (Å²) in [5, 5.41) is 0. The smallest absolute Gasteiger partial charge is 0.0700 e. The summed E-state index contributed by atoms with van der Waals surface area (Å²) in [5.74, 6) is 0. The van der Waals surface area contributed by atoms with Crippen molar-refractivity contribution in [1.29, 1.82) is 0 Å². The maximum Gasteiger partial charge on any atom is 0.0700 e. The Labute approximate surface area is 86.9 Å². The van der Waals surface area contributed by atoms with Crippen molar-refractivity contribution in [3.63, 3.8) is 0 Å². The fraction of sp³-hybridized carbons (Fsp3) is 0.500. The number of methoxy groups -OCH3 is 1. The number of allylic oxidation sites excluding steroid dienone is 3. The highest BCUT2D eigenvalue weighted by atomic mass is 16.5. The van der Waals surface area contributed by atoms with Gasteiger partial charge >= 0.3 is 0 Å². The SMILES string of the molecule is C=C(C)/C=C\C(=C)CCOCCOC. The average molecular weight is 196 g/mol. The average Bonchev–Trinajstić information content (AvgIpc) is 2.14. The van der Waals surface area contributed by atoms with Crippen molar-refractivity contribution < 1.29 is 9.47 Å². The molecule has 0 aliphatic rings. The number of ether oxygens (including phenoxy) is 2. The monoisotopic (exact) mass is 196 g/mol. The van der Waals surface area contributed by atoms with Gasteiger partial charge in [-0.1, -0.05) is 36.5 Å². The molecule has 2 heteroatoms. The van der Waals surface area contributed by atoms with Crippen molar-refractivity contribution in [1.82, 2.24) is 0 Å². The molecule has 0 radical (unpaired) electrons. The van der Waals surface area contributed by atoms with Gasteiger partial charge in [-0.15, -0.1) is 0 Å². The minimum absolute atomic E-state index is 0.647. The molecule has 0 aromatic carbocycles. The van der Waals surface area contributed by atoms with Crippen molar-refractivity contribution >= 4 is 0 Å². The molecule has 0 unspecified atom stereocenters. The first-order chi connectivity index (χ1) is 6.66. The van der Waals surface area contributed by atoms with E-state index in [0.29, 0.717) is 19.8 Å². The van der Waals surface area contributed by atoms with Crippen LogP contribution in [0.25, 0.3) is 0 Å². The number of hydrogen-bond acceptors (Lipinski definition) is 2. The molecule has 0 aliphatic carbocycles. The predicted octanol–water partition coefficient (Wildman–Crippen LogP) is 2.73. The number of rotatable bonds is 8. The molecule has 0 rings (SSSR count). The van der Waals surface area contributed by atoms with Crippen LogP contribution in [0, 0.1) is 0 Å². The molecule has 2 nitrogen and oxygen atoms in total. The molecule has 0 aliphatic heterocycles. The van der Waals surface area contributed by atoms with Crippen LogP contribution in [-0.2, 0) is 9.47 Å². The van der Waals surface area contributed by atoms with Crippen LogP contribution >= 0.6 is 0 Å². The summed E-state index contributed by atoms with van der Waals surface area (Å²) in [6.07, 6.45) is 4.78. The van der Waals surface area contributed by atoms with Gasteiger partial charge in [0, 0.05) is 7.11 Å². The molecule has 0 N–H and O–H groups in total. The lowest BCUT2D eigenvalue weighted by Gasteiger charge is -2.03. The zero-order chi connectivity index (χ0) is 10.8. The van der Waals surface area contributed by atoms with E-state index in [1.165, 1.54) is 0 Å². The molecule has 0 saturated heterocycles. The number of hydrogen-bond donors (Lipinski definition) is 0. The Hall–Kier alpha value is -0.860. The summed E-state index contributed by atoms with van der Waals surface area (Å²) < 4.78 is 10.2. The van der Waals surface area contributed by atoms with Crippen LogP contribution < -0.4 is 0 Å². The minimum Gasteiger partial charge on any atom is -0.382 e. The fourth-order valence-electron chi connectivity index (χ4n) is 0.791. The highest BCUT2D eigenvalue weighted by Crippen LogP contribution is 2.02. The Morgan fingerprint density at radius 2 is 1.86 bits per heavy atom. The molecule has 0 spiro atoms. The predicted molar refractivity (Wildman–Crippen MR) is 60.4 cm³/mol. The van der Waals surface area contributed by atoms with E-state index in [9.17, 15) is 0 Å². The van der Waals surface area contributed by atoms with Crippen molar-refractivity contribution in [3.8, 4) is 0 Å². The summed E-state index contributed by atoms with van der Waals surface area (Å²) in [6.45, 7) is 11.6. The largest absolute Gasteiger partial charge is 0.382 e. The quantitative estimate of drug-likeness (QED) is 0.439. The molecule has 0 atom stereocenters. The summed E-state index contributed by atoms with van der Waals surface area (Å²) >= 11 is 0. The second kappa shape index (κ2) is 8.73. The van der Waals surface area contributed by atoms with E-state index in [0.717, 1.165) is 17.6 Å². The lowest BCUT2D eigenvalue weighted by Crippen LogP contribution is -2.03. The van der Waals surface area contributed by atoms with Gasteiger partial charge in [0.15, 0.2) is 0 Å². The van der Waals surface area contributed by atoms with Crippen LogP contribution in [0.2, 0.25) is 0 Å². The lowest BCUT2D eigenvalue weighted by molar-refractivity contribution is 0.0725. The van der Waals surface area contributed by atoms with Crippen molar-refractivity contribution in [2.24, 2.45) is 0 Å². The van der Waals surface area contributed by atoms with E-state index in [1.807, 2.05) is 19.1 Å². The molecular weight excluding hydrogens is 176 g/mol. The summed E-state index contributed by atoms with van der Waals surface area (Å²) in [6, 6.07) is 0. The van der Waals surface area contributed by atoms with Crippen LogP contribution in [0.4, 0.5) is 0 Å². The first-order valence-electron chi connectivity index (χ1n) is 4.75. The van der Waals surface area contributed by atoms with Crippen LogP contribution in [0.3, 0.4) is 0 Å². The lowest BCUT2D eigenvalue weighted by atomic mass is 10.2. The molecule has 80 valence electrons. The second-order valence-corrected chi connectivity index (χ2v) is 3.19. The van der Waals surface area contributed by atoms with Gasteiger partial charge in [0.05, 0.1) is 19.8 Å². The Morgan fingerprint density at radius 1 is 1.14 bits per heavy atom. The van der Waals surface area contributed by atoms with Gasteiger partial charge in [-0.25, -0.2) is 0 Å². The Bertz CT molecular complexity index is 204. The maximum atomic E-state index is 5.31. The topological polar surface area (TPSA) is 18.5 Å². The van der Waals surface area contributed by atoms with Crippen LogP contribution in [-0.4, -0.2) is 26.9 Å². The van der Waals surface area contributed by atoms with Crippen LogP contribution in [0.15, 0.2) is 36.5 Å². The van der Waals surface area contributed by atoms with Crippen molar-refractivity contribution in [2.75, 3.05) is 26.9 Å². The third kappa shape index (κ3) is 9.23. The standard InChI is InChI=1S/C12H20O2/c1-11(2)5-6-12(3)7-8-14-10-9-13-4/h5-6H,1,3,7-10H2,2,4H3/b6-5-. The van der Waals surface area contributed by atoms with E-state index in [-0.39, 0.29) is 0 Å². The Balaban J connectivity index is 3.40. The zero-order valence-electron chi connectivity index (χ0n) is 9.21. The van der Waals surface area contributed by atoms with Crippen LogP contribution in [0.1, 0.15) is 13.3 Å². The van der Waals surface area contributed by atoms with Crippen molar-refractivity contribution in [3.05, 3.63) is 36.5 Å². The highest BCUT2D eigenvalue weighted by molar-refractivity contribution is 5.22. The first kappa shape index (κ1) is 13.1. The molecule has 0 saturated carbocycles. The summed E-state index contributed by atoms with van der Waals surface area (Å²) in [4.78, 5) is 0. The van der Waals surface area contributed by atoms with E-state index in [4.69, 9.17) is 9.47 Å². The first-order valence-corrected chi connectivity index (χ1v) is 4.75. The summed E-state index contributed by atoms with van der Waals surface area (Å²) in [5.41, 5.74) is 2.09. The molecule has 0 fully saturated rings. The third-order valence-corrected chi connectivity index (χ3v) is 1.60. The fourth-order valence-corrected chi connectivity index (χ4v) is 0.791. The van der Waals surface area contributed by atoms with Gasteiger partial charge in [-0.3, -0.25) is 0 Å². The second-order valence-electron chi connectivity index (χ2n) is 3.19. The molecule has 14 heavy (non-hydrogen) atoms. The van der Waals surface area contributed by atoms with Gasteiger partial charge in [-0.05, 0) is 13.3 Å². The normalized spacial score (nSPS) is 10.7. The highest BCUT2D eigenvalue weighted by Gasteiger charge is 1.90. The molecule has 0 aromatic heterocycles.